The fourth-order valence-corrected chi connectivity index (χ4v) is 1.41. The van der Waals surface area contributed by atoms with Gasteiger partial charge in [-0.3, -0.25) is 0 Å². The lowest BCUT2D eigenvalue weighted by molar-refractivity contribution is 0.619. The summed E-state index contributed by atoms with van der Waals surface area (Å²) in [6, 6.07) is 5.11. The maximum atomic E-state index is 13.2. The molecular formula is C10H9FN2S. The molecule has 0 saturated heterocycles. The normalized spacial score (nSPS) is 10.5. The van der Waals surface area contributed by atoms with E-state index < -0.39 is 0 Å². The van der Waals surface area contributed by atoms with Crippen LogP contribution < -0.4 is 0 Å². The summed E-state index contributed by atoms with van der Waals surface area (Å²) >= 11 is 4.01. The largest absolute Gasteiger partial charge is 0.217 e. The van der Waals surface area contributed by atoms with Gasteiger partial charge in [-0.05, 0) is 36.9 Å². The molecule has 4 heteroatoms. The zero-order valence-electron chi connectivity index (χ0n) is 7.61. The van der Waals surface area contributed by atoms with Gasteiger partial charge in [0.1, 0.15) is 5.82 Å². The predicted octanol–water partition coefficient (Wildman–Crippen LogP) is 2.69. The van der Waals surface area contributed by atoms with Crippen molar-refractivity contribution in [3.63, 3.8) is 0 Å². The van der Waals surface area contributed by atoms with Crippen LogP contribution >= 0.6 is 12.8 Å². The lowest BCUT2D eigenvalue weighted by Crippen LogP contribution is -1.82. The van der Waals surface area contributed by atoms with Crippen LogP contribution in [0.2, 0.25) is 0 Å². The van der Waals surface area contributed by atoms with E-state index in [1.165, 1.54) is 10.2 Å². The third-order valence-corrected chi connectivity index (χ3v) is 2.29. The average Bonchev–Trinajstić information content (AvgIpc) is 2.57. The van der Waals surface area contributed by atoms with Gasteiger partial charge in [0.2, 0.25) is 0 Å². The van der Waals surface area contributed by atoms with E-state index in [4.69, 9.17) is 0 Å². The highest BCUT2D eigenvalue weighted by atomic mass is 32.1. The van der Waals surface area contributed by atoms with Crippen LogP contribution in [0, 0.1) is 12.7 Å². The Morgan fingerprint density at radius 2 is 2.14 bits per heavy atom. The molecule has 1 aromatic carbocycles. The highest BCUT2D eigenvalue weighted by Crippen LogP contribution is 2.21. The molecule has 2 aromatic rings. The van der Waals surface area contributed by atoms with E-state index in [0.29, 0.717) is 5.56 Å². The Kier molecular flexibility index (Phi) is 2.29. The van der Waals surface area contributed by atoms with Crippen LogP contribution in [0.4, 0.5) is 4.39 Å². The molecule has 0 radical (unpaired) electrons. The molecule has 0 fully saturated rings. The predicted molar refractivity (Wildman–Crippen MR) is 56.7 cm³/mol. The van der Waals surface area contributed by atoms with Crippen molar-refractivity contribution in [3.05, 3.63) is 42.0 Å². The van der Waals surface area contributed by atoms with Crippen LogP contribution in [0.15, 0.2) is 30.6 Å². The van der Waals surface area contributed by atoms with Gasteiger partial charge in [-0.15, -0.1) is 0 Å². The lowest BCUT2D eigenvalue weighted by Gasteiger charge is -1.99. The number of rotatable bonds is 1. The Morgan fingerprint density at radius 3 is 2.71 bits per heavy atom. The molecular weight excluding hydrogens is 199 g/mol. The summed E-state index contributed by atoms with van der Waals surface area (Å²) in [4.78, 5) is 0. The van der Waals surface area contributed by atoms with Gasteiger partial charge in [-0.25, -0.2) is 8.48 Å². The molecule has 0 amide bonds. The first kappa shape index (κ1) is 9.27. The molecule has 0 aliphatic rings. The minimum absolute atomic E-state index is 0.200. The standard InChI is InChI=1S/C10H9FN2S/c1-7-2-3-8(4-10(7)11)9-5-12-13(14)6-9/h2-6,14H,1H3. The van der Waals surface area contributed by atoms with Crippen LogP contribution in [-0.4, -0.2) is 9.19 Å². The maximum Gasteiger partial charge on any atom is 0.126 e. The van der Waals surface area contributed by atoms with E-state index in [-0.39, 0.29) is 5.82 Å². The molecule has 0 bridgehead atoms. The molecule has 2 nitrogen and oxygen atoms in total. The smallest absolute Gasteiger partial charge is 0.126 e. The molecule has 0 unspecified atom stereocenters. The highest BCUT2D eigenvalue weighted by Gasteiger charge is 2.03. The third kappa shape index (κ3) is 1.65. The summed E-state index contributed by atoms with van der Waals surface area (Å²) in [7, 11) is 0. The number of hydrogen-bond donors (Lipinski definition) is 1. The fraction of sp³-hybridized carbons (Fsp3) is 0.100. The second kappa shape index (κ2) is 3.46. The van der Waals surface area contributed by atoms with Gasteiger partial charge >= 0.3 is 0 Å². The van der Waals surface area contributed by atoms with Crippen molar-refractivity contribution in [3.8, 4) is 11.1 Å². The summed E-state index contributed by atoms with van der Waals surface area (Å²) in [5, 5.41) is 3.90. The second-order valence-electron chi connectivity index (χ2n) is 3.11. The Labute approximate surface area is 86.9 Å². The van der Waals surface area contributed by atoms with Crippen molar-refractivity contribution in [1.82, 2.24) is 9.19 Å². The van der Waals surface area contributed by atoms with Gasteiger partial charge in [0.15, 0.2) is 0 Å². The number of nitrogens with zero attached hydrogens (tertiary/aromatic N) is 2. The van der Waals surface area contributed by atoms with Crippen LogP contribution in [0.5, 0.6) is 0 Å². The molecule has 1 heterocycles. The monoisotopic (exact) mass is 208 g/mol. The molecule has 0 N–H and O–H groups in total. The van der Waals surface area contributed by atoms with Crippen LogP contribution in [0.3, 0.4) is 0 Å². The Morgan fingerprint density at radius 1 is 1.36 bits per heavy atom. The minimum atomic E-state index is -0.200. The SMILES string of the molecule is Cc1ccc(-c2cnn(S)c2)cc1F. The molecule has 0 saturated carbocycles. The average molecular weight is 208 g/mol. The number of benzene rings is 1. The van der Waals surface area contributed by atoms with E-state index in [1.54, 1.807) is 25.4 Å². The minimum Gasteiger partial charge on any atom is -0.217 e. The van der Waals surface area contributed by atoms with Gasteiger partial charge in [0.25, 0.3) is 0 Å². The van der Waals surface area contributed by atoms with Gasteiger partial charge < -0.3 is 0 Å². The zero-order chi connectivity index (χ0) is 10.1. The van der Waals surface area contributed by atoms with Gasteiger partial charge in [-0.1, -0.05) is 12.1 Å². The topological polar surface area (TPSA) is 17.8 Å². The van der Waals surface area contributed by atoms with Crippen molar-refractivity contribution >= 4 is 12.8 Å². The van der Waals surface area contributed by atoms with Gasteiger partial charge in [0, 0.05) is 11.8 Å². The van der Waals surface area contributed by atoms with Crippen LogP contribution in [-0.2, 0) is 0 Å². The molecule has 0 aliphatic heterocycles. The summed E-state index contributed by atoms with van der Waals surface area (Å²) in [6.45, 7) is 1.74. The molecule has 0 aliphatic carbocycles. The first-order valence-corrected chi connectivity index (χ1v) is 4.57. The first-order chi connectivity index (χ1) is 6.66. The Hall–Kier alpha value is -1.29. The number of thiol groups is 1. The lowest BCUT2D eigenvalue weighted by atomic mass is 10.1. The second-order valence-corrected chi connectivity index (χ2v) is 3.52. The van der Waals surface area contributed by atoms with E-state index in [1.807, 2.05) is 6.07 Å². The molecule has 1 aromatic heterocycles. The first-order valence-electron chi connectivity index (χ1n) is 4.17. The number of aromatic nitrogens is 2. The highest BCUT2D eigenvalue weighted by molar-refractivity contribution is 7.78. The summed E-state index contributed by atoms with van der Waals surface area (Å²) in [5.74, 6) is -0.200. The number of halogens is 1. The van der Waals surface area contributed by atoms with Crippen molar-refractivity contribution in [2.45, 2.75) is 6.92 Å². The maximum absolute atomic E-state index is 13.2. The molecule has 2 rings (SSSR count). The zero-order valence-corrected chi connectivity index (χ0v) is 8.50. The molecule has 0 spiro atoms. The van der Waals surface area contributed by atoms with Crippen LogP contribution in [0.1, 0.15) is 5.56 Å². The van der Waals surface area contributed by atoms with Gasteiger partial charge in [0.05, 0.1) is 6.20 Å². The van der Waals surface area contributed by atoms with Gasteiger partial charge in [-0.2, -0.15) is 5.10 Å². The third-order valence-electron chi connectivity index (χ3n) is 2.07. The molecule has 14 heavy (non-hydrogen) atoms. The van der Waals surface area contributed by atoms with Crippen molar-refractivity contribution < 1.29 is 4.39 Å². The fourth-order valence-electron chi connectivity index (χ4n) is 1.23. The summed E-state index contributed by atoms with van der Waals surface area (Å²) in [5.41, 5.74) is 2.32. The van der Waals surface area contributed by atoms with Crippen molar-refractivity contribution in [2.24, 2.45) is 0 Å². The Balaban J connectivity index is 2.47. The van der Waals surface area contributed by atoms with E-state index in [2.05, 4.69) is 17.9 Å². The van der Waals surface area contributed by atoms with E-state index >= 15 is 0 Å². The summed E-state index contributed by atoms with van der Waals surface area (Å²) in [6.07, 6.45) is 3.38. The number of hydrogen-bond acceptors (Lipinski definition) is 2. The quantitative estimate of drug-likeness (QED) is 0.713. The van der Waals surface area contributed by atoms with E-state index in [9.17, 15) is 4.39 Å². The van der Waals surface area contributed by atoms with Crippen molar-refractivity contribution in [1.29, 1.82) is 0 Å². The molecule has 72 valence electrons. The summed E-state index contributed by atoms with van der Waals surface area (Å²) < 4.78 is 14.6. The Bertz CT molecular complexity index is 465. The van der Waals surface area contributed by atoms with Crippen LogP contribution in [0.25, 0.3) is 11.1 Å². The van der Waals surface area contributed by atoms with E-state index in [0.717, 1.165) is 11.1 Å². The van der Waals surface area contributed by atoms with Crippen molar-refractivity contribution in [2.75, 3.05) is 0 Å². The number of aryl methyl sites for hydroxylation is 1. The molecule has 0 atom stereocenters.